The van der Waals surface area contributed by atoms with E-state index in [1.807, 2.05) is 0 Å². The van der Waals surface area contributed by atoms with E-state index < -0.39 is 94.6 Å². The number of ether oxygens (including phenoxy) is 1. The van der Waals surface area contributed by atoms with Crippen molar-refractivity contribution in [2.45, 2.75) is 75.7 Å². The smallest absolute Gasteiger partial charge is 0.331 e. The normalized spacial score (nSPS) is 36.2. The number of halogens is 1. The fourth-order valence-corrected chi connectivity index (χ4v) is 8.28. The predicted octanol–water partition coefficient (Wildman–Crippen LogP) is 0.671. The van der Waals surface area contributed by atoms with Crippen molar-refractivity contribution in [2.75, 3.05) is 13.2 Å². The van der Waals surface area contributed by atoms with E-state index in [1.54, 1.807) is 13.0 Å². The van der Waals surface area contributed by atoms with Crippen LogP contribution in [0.2, 0.25) is 0 Å². The Bertz CT molecular complexity index is 1550. The zero-order valence-corrected chi connectivity index (χ0v) is 25.8. The van der Waals surface area contributed by atoms with Crippen LogP contribution in [0, 0.1) is 32.8 Å². The third kappa shape index (κ3) is 5.34. The second kappa shape index (κ2) is 12.2. The van der Waals surface area contributed by atoms with Gasteiger partial charge in [-0.2, -0.15) is 0 Å². The first-order valence-electron chi connectivity index (χ1n) is 15.2. The molecule has 1 aromatic carbocycles. The molecule has 2 fully saturated rings. The first kappa shape index (κ1) is 34.3. The molecule has 0 aromatic heterocycles. The Balaban J connectivity index is 1.27. The average Bonchev–Trinajstić information content (AvgIpc) is 3.23. The number of benzene rings is 1. The summed E-state index contributed by atoms with van der Waals surface area (Å²) in [6.07, 6.45) is 0.693. The van der Waals surface area contributed by atoms with Gasteiger partial charge in [-0.05, 0) is 55.9 Å². The van der Waals surface area contributed by atoms with Gasteiger partial charge in [0.1, 0.15) is 6.61 Å². The van der Waals surface area contributed by atoms with Gasteiger partial charge in [-0.1, -0.05) is 36.8 Å². The first-order valence-corrected chi connectivity index (χ1v) is 15.2. The molecule has 1 amide bonds. The van der Waals surface area contributed by atoms with Gasteiger partial charge in [0.25, 0.3) is 11.0 Å². The van der Waals surface area contributed by atoms with Gasteiger partial charge < -0.3 is 35.3 Å². The van der Waals surface area contributed by atoms with Gasteiger partial charge in [0.05, 0.1) is 18.8 Å². The molecular formula is C32H37FN2O12. The molecule has 9 atom stereocenters. The van der Waals surface area contributed by atoms with Crippen molar-refractivity contribution in [3.05, 3.63) is 69.3 Å². The first-order chi connectivity index (χ1) is 22.0. The molecule has 4 aliphatic rings. The number of rotatable bonds is 10. The number of carbonyl (C=O) groups excluding carboxylic acids is 4. The molecule has 0 spiro atoms. The number of ketones is 2. The molecular weight excluding hydrogens is 623 g/mol. The number of nitrogens with one attached hydrogen (secondary N) is 1. The topological polar surface area (TPSA) is 223 Å². The summed E-state index contributed by atoms with van der Waals surface area (Å²) in [7, 11) is 0. The number of hydrogen-bond donors (Lipinski definition) is 5. The van der Waals surface area contributed by atoms with Crippen LogP contribution >= 0.6 is 0 Å². The van der Waals surface area contributed by atoms with Crippen LogP contribution in [-0.2, 0) is 30.6 Å². The van der Waals surface area contributed by atoms with Crippen LogP contribution in [0.15, 0.2) is 48.1 Å². The highest BCUT2D eigenvalue weighted by atomic mass is 19.1. The summed E-state index contributed by atoms with van der Waals surface area (Å²) in [6, 6.07) is 3.76. The Labute approximate surface area is 268 Å². The zero-order chi connectivity index (χ0) is 34.5. The van der Waals surface area contributed by atoms with Gasteiger partial charge in [-0.25, -0.2) is 9.18 Å². The summed E-state index contributed by atoms with van der Waals surface area (Å²) in [5, 5.41) is 55.7. The Morgan fingerprint density at radius 3 is 2.47 bits per heavy atom. The lowest BCUT2D eigenvalue weighted by atomic mass is 9.45. The highest BCUT2D eigenvalue weighted by Crippen LogP contribution is 2.69. The molecule has 5 N–H and O–H groups in total. The van der Waals surface area contributed by atoms with Gasteiger partial charge in [0, 0.05) is 28.7 Å². The van der Waals surface area contributed by atoms with Crippen LogP contribution < -0.4 is 5.32 Å². The van der Waals surface area contributed by atoms with Crippen LogP contribution in [0.1, 0.15) is 55.5 Å². The fourth-order valence-electron chi connectivity index (χ4n) is 8.28. The molecule has 47 heavy (non-hydrogen) atoms. The molecule has 2 saturated carbocycles. The Hall–Kier alpha value is -4.05. The molecule has 254 valence electrons. The number of allylic oxidation sites excluding steroid dienone is 4. The van der Waals surface area contributed by atoms with Crippen molar-refractivity contribution < 1.29 is 58.7 Å². The Morgan fingerprint density at radius 1 is 1.15 bits per heavy atom. The maximum Gasteiger partial charge on any atom is 0.331 e. The third-order valence-electron chi connectivity index (χ3n) is 10.9. The number of carbonyl (C=O) groups is 4. The predicted molar refractivity (Wildman–Crippen MR) is 157 cm³/mol. The molecule has 1 unspecified atom stereocenters. The lowest BCUT2D eigenvalue weighted by Gasteiger charge is -2.61. The minimum Gasteiger partial charge on any atom is -0.456 e. The van der Waals surface area contributed by atoms with E-state index in [4.69, 9.17) is 4.74 Å². The summed E-state index contributed by atoms with van der Waals surface area (Å²) in [6.45, 7) is 0.785. The molecule has 5 rings (SSSR count). The highest BCUT2D eigenvalue weighted by Gasteiger charge is 2.76. The summed E-state index contributed by atoms with van der Waals surface area (Å²) in [4.78, 5) is 65.7. The van der Waals surface area contributed by atoms with Crippen molar-refractivity contribution in [2.24, 2.45) is 22.7 Å². The van der Waals surface area contributed by atoms with Crippen molar-refractivity contribution in [1.29, 1.82) is 0 Å². The molecule has 0 saturated heterocycles. The molecule has 0 bridgehead atoms. The van der Waals surface area contributed by atoms with E-state index >= 15 is 4.39 Å². The van der Waals surface area contributed by atoms with Crippen molar-refractivity contribution >= 4 is 23.4 Å². The Kier molecular flexibility index (Phi) is 8.90. The van der Waals surface area contributed by atoms with Gasteiger partial charge >= 0.3 is 5.97 Å². The van der Waals surface area contributed by atoms with E-state index in [0.29, 0.717) is 11.1 Å². The molecule has 4 aliphatic carbocycles. The van der Waals surface area contributed by atoms with E-state index in [9.17, 15) is 49.7 Å². The molecule has 0 radical (unpaired) electrons. The zero-order valence-electron chi connectivity index (χ0n) is 25.8. The lowest BCUT2D eigenvalue weighted by molar-refractivity contribution is -0.763. The summed E-state index contributed by atoms with van der Waals surface area (Å²) < 4.78 is 22.3. The lowest BCUT2D eigenvalue weighted by Crippen LogP contribution is -2.69. The summed E-state index contributed by atoms with van der Waals surface area (Å²) in [5.41, 5.74) is -6.67. The maximum atomic E-state index is 17.3. The summed E-state index contributed by atoms with van der Waals surface area (Å²) in [5.74, 6) is -5.01. The number of fused-ring (bicyclic) bond motifs is 5. The summed E-state index contributed by atoms with van der Waals surface area (Å²) >= 11 is 0. The van der Waals surface area contributed by atoms with E-state index in [0.717, 1.165) is 0 Å². The van der Waals surface area contributed by atoms with Crippen LogP contribution in [0.5, 0.6) is 0 Å². The molecule has 14 nitrogen and oxygen atoms in total. The van der Waals surface area contributed by atoms with Gasteiger partial charge in [0.15, 0.2) is 29.7 Å². The van der Waals surface area contributed by atoms with Crippen molar-refractivity contribution in [3.8, 4) is 0 Å². The standard InChI is InChI=1S/C32H37FN2O12/c1-29-10-9-20(37)11-19(29)7-8-21-22-12-24(38)32(43,30(22,2)13-25(39)31(21,29)33)26(40)16-46-28(42)23(14-36)34-27(41)18-5-3-17(4-6-18)15-47-35(44)45/h3-7,9-10,21-25,36,38-39,43H,8,11-16H2,1-2H3,(H,34,41)/t21-,22-,23?,24+,25-,29-,30-,31-,32-/m0/s1. The number of nitrogens with zero attached hydrogens (tertiary/aromatic N) is 1. The van der Waals surface area contributed by atoms with Gasteiger partial charge in [-0.3, -0.25) is 14.4 Å². The monoisotopic (exact) mass is 660 g/mol. The van der Waals surface area contributed by atoms with E-state index in [1.165, 1.54) is 43.3 Å². The minimum absolute atomic E-state index is 0.0133. The number of hydrogen-bond acceptors (Lipinski definition) is 12. The van der Waals surface area contributed by atoms with Gasteiger partial charge in [-0.15, -0.1) is 10.1 Å². The molecule has 0 aliphatic heterocycles. The minimum atomic E-state index is -2.54. The van der Waals surface area contributed by atoms with Crippen LogP contribution in [0.25, 0.3) is 0 Å². The number of alkyl halides is 1. The highest BCUT2D eigenvalue weighted by molar-refractivity contribution is 5.97. The number of Topliss-reactive ketones (excluding diaryl/α,β-unsaturated/α-hetero) is 1. The number of amides is 1. The molecule has 1 aromatic rings. The van der Waals surface area contributed by atoms with Crippen molar-refractivity contribution in [3.63, 3.8) is 0 Å². The number of aliphatic hydroxyl groups is 4. The van der Waals surface area contributed by atoms with E-state index in [2.05, 4.69) is 10.2 Å². The molecule has 0 heterocycles. The third-order valence-corrected chi connectivity index (χ3v) is 10.9. The fraction of sp³-hybridized carbons (Fsp3) is 0.562. The largest absolute Gasteiger partial charge is 0.456 e. The van der Waals surface area contributed by atoms with Crippen LogP contribution in [-0.4, -0.2) is 91.7 Å². The SMILES string of the molecule is C[C@]12C=CC(=O)CC1=CC[C@H]1[C@@H]3C[C@@H](O)[C@](O)(C(=O)COC(=O)C(CO)NC(=O)c4ccc(CO[N+](=O)[O-])cc4)[C@@]3(C)C[C@H](O)[C@@]12F. The second-order valence-electron chi connectivity index (χ2n) is 13.2. The molecule has 15 heteroatoms. The van der Waals surface area contributed by atoms with Crippen LogP contribution in [0.3, 0.4) is 0 Å². The van der Waals surface area contributed by atoms with E-state index in [-0.39, 0.29) is 37.2 Å². The Morgan fingerprint density at radius 2 is 1.83 bits per heavy atom. The maximum absolute atomic E-state index is 17.3. The van der Waals surface area contributed by atoms with Crippen LogP contribution in [0.4, 0.5) is 4.39 Å². The number of esters is 1. The number of aliphatic hydroxyl groups excluding tert-OH is 3. The van der Waals surface area contributed by atoms with Crippen molar-refractivity contribution in [1.82, 2.24) is 5.32 Å². The van der Waals surface area contributed by atoms with Gasteiger partial charge in [0.2, 0.25) is 5.78 Å². The average molecular weight is 661 g/mol. The quantitative estimate of drug-likeness (QED) is 0.101. The second-order valence-corrected chi connectivity index (χ2v) is 13.2.